The van der Waals surface area contributed by atoms with Crippen LogP contribution in [-0.4, -0.2) is 36.2 Å². The van der Waals surface area contributed by atoms with E-state index in [-0.39, 0.29) is 24.5 Å². The average molecular weight is 271 g/mol. The Morgan fingerprint density at radius 3 is 2.16 bits per heavy atom. The molecule has 6 nitrogen and oxygen atoms in total. The van der Waals surface area contributed by atoms with Gasteiger partial charge in [0.15, 0.2) is 0 Å². The van der Waals surface area contributed by atoms with Crippen LogP contribution in [0.15, 0.2) is 0 Å². The summed E-state index contributed by atoms with van der Waals surface area (Å²) >= 11 is 0. The van der Waals surface area contributed by atoms with Gasteiger partial charge in [0.25, 0.3) is 0 Å². The van der Waals surface area contributed by atoms with Crippen molar-refractivity contribution in [3.05, 3.63) is 0 Å². The second-order valence-electron chi connectivity index (χ2n) is 5.92. The SMILES string of the molecule is CC(C)(C)OC(=O)N[C@@H]1CCCC[C@H]1NC(=O)CN. The van der Waals surface area contributed by atoms with Crippen LogP contribution >= 0.6 is 0 Å². The minimum Gasteiger partial charge on any atom is -0.444 e. The van der Waals surface area contributed by atoms with Crippen molar-refractivity contribution in [3.63, 3.8) is 0 Å². The fourth-order valence-electron chi connectivity index (χ4n) is 2.20. The van der Waals surface area contributed by atoms with Gasteiger partial charge in [-0.05, 0) is 33.6 Å². The molecule has 0 unspecified atom stereocenters. The number of amides is 2. The number of nitrogens with one attached hydrogen (secondary N) is 2. The Hall–Kier alpha value is -1.30. The quantitative estimate of drug-likeness (QED) is 0.711. The van der Waals surface area contributed by atoms with Gasteiger partial charge in [-0.2, -0.15) is 0 Å². The van der Waals surface area contributed by atoms with Gasteiger partial charge < -0.3 is 21.1 Å². The summed E-state index contributed by atoms with van der Waals surface area (Å²) in [5.41, 5.74) is 4.78. The monoisotopic (exact) mass is 271 g/mol. The van der Waals surface area contributed by atoms with E-state index in [2.05, 4.69) is 10.6 Å². The number of alkyl carbamates (subject to hydrolysis) is 1. The molecule has 0 aromatic heterocycles. The molecule has 0 aromatic rings. The van der Waals surface area contributed by atoms with Gasteiger partial charge in [-0.3, -0.25) is 4.79 Å². The van der Waals surface area contributed by atoms with Crippen LogP contribution in [0.25, 0.3) is 0 Å². The van der Waals surface area contributed by atoms with E-state index in [4.69, 9.17) is 10.5 Å². The topological polar surface area (TPSA) is 93.5 Å². The molecule has 2 atom stereocenters. The van der Waals surface area contributed by atoms with Crippen LogP contribution in [0.1, 0.15) is 46.5 Å². The summed E-state index contributed by atoms with van der Waals surface area (Å²) in [7, 11) is 0. The molecule has 1 rings (SSSR count). The maximum absolute atomic E-state index is 11.8. The zero-order chi connectivity index (χ0) is 14.5. The Bertz CT molecular complexity index is 326. The Balaban J connectivity index is 2.52. The standard InChI is InChI=1S/C13H25N3O3/c1-13(2,3)19-12(18)16-10-7-5-4-6-9(10)15-11(17)8-14/h9-10H,4-8,14H2,1-3H3,(H,15,17)(H,16,18)/t9-,10-/m1/s1. The number of hydrogen-bond donors (Lipinski definition) is 3. The van der Waals surface area contributed by atoms with Crippen LogP contribution in [0.2, 0.25) is 0 Å². The van der Waals surface area contributed by atoms with Crippen molar-refractivity contribution < 1.29 is 14.3 Å². The van der Waals surface area contributed by atoms with E-state index in [1.807, 2.05) is 20.8 Å². The first-order chi connectivity index (χ1) is 8.81. The zero-order valence-corrected chi connectivity index (χ0v) is 12.0. The lowest BCUT2D eigenvalue weighted by Crippen LogP contribution is -2.54. The molecule has 0 bridgehead atoms. The molecule has 0 saturated heterocycles. The number of rotatable bonds is 3. The molecule has 19 heavy (non-hydrogen) atoms. The number of carbonyl (C=O) groups is 2. The average Bonchev–Trinajstić information content (AvgIpc) is 2.29. The van der Waals surface area contributed by atoms with Gasteiger partial charge in [-0.1, -0.05) is 12.8 Å². The smallest absolute Gasteiger partial charge is 0.407 e. The molecule has 0 radical (unpaired) electrons. The van der Waals surface area contributed by atoms with E-state index in [9.17, 15) is 9.59 Å². The summed E-state index contributed by atoms with van der Waals surface area (Å²) in [5, 5.41) is 5.69. The highest BCUT2D eigenvalue weighted by molar-refractivity contribution is 5.78. The molecule has 0 aliphatic heterocycles. The lowest BCUT2D eigenvalue weighted by atomic mass is 9.90. The predicted octanol–water partition coefficient (Wildman–Crippen LogP) is 0.897. The summed E-state index contributed by atoms with van der Waals surface area (Å²) in [6.45, 7) is 5.43. The van der Waals surface area contributed by atoms with Crippen molar-refractivity contribution in [1.82, 2.24) is 10.6 Å². The van der Waals surface area contributed by atoms with Crippen molar-refractivity contribution in [2.45, 2.75) is 64.1 Å². The van der Waals surface area contributed by atoms with Crippen LogP contribution in [0.4, 0.5) is 4.79 Å². The molecule has 1 saturated carbocycles. The third-order valence-corrected chi connectivity index (χ3v) is 3.00. The highest BCUT2D eigenvalue weighted by atomic mass is 16.6. The zero-order valence-electron chi connectivity index (χ0n) is 12.0. The molecule has 1 aliphatic carbocycles. The van der Waals surface area contributed by atoms with Crippen molar-refractivity contribution in [3.8, 4) is 0 Å². The van der Waals surface area contributed by atoms with Crippen molar-refractivity contribution >= 4 is 12.0 Å². The number of hydrogen-bond acceptors (Lipinski definition) is 4. The fourth-order valence-corrected chi connectivity index (χ4v) is 2.20. The van der Waals surface area contributed by atoms with E-state index < -0.39 is 11.7 Å². The molecule has 0 aromatic carbocycles. The molecular formula is C13H25N3O3. The first-order valence-corrected chi connectivity index (χ1v) is 6.81. The lowest BCUT2D eigenvalue weighted by molar-refractivity contribution is -0.120. The molecule has 0 heterocycles. The van der Waals surface area contributed by atoms with Gasteiger partial charge in [0.1, 0.15) is 5.60 Å². The predicted molar refractivity (Wildman–Crippen MR) is 72.6 cm³/mol. The van der Waals surface area contributed by atoms with Gasteiger partial charge in [0.2, 0.25) is 5.91 Å². The molecule has 110 valence electrons. The maximum atomic E-state index is 11.8. The molecule has 1 aliphatic rings. The summed E-state index contributed by atoms with van der Waals surface area (Å²) in [6.07, 6.45) is 3.34. The molecule has 6 heteroatoms. The Kier molecular flexibility index (Phi) is 5.60. The summed E-state index contributed by atoms with van der Waals surface area (Å²) < 4.78 is 5.23. The van der Waals surface area contributed by atoms with Crippen molar-refractivity contribution in [2.75, 3.05) is 6.54 Å². The number of nitrogens with two attached hydrogens (primary N) is 1. The minimum absolute atomic E-state index is 0.0321. The van der Waals surface area contributed by atoms with Crippen molar-refractivity contribution in [1.29, 1.82) is 0 Å². The summed E-state index contributed by atoms with van der Waals surface area (Å²) in [6, 6.07) is -0.142. The second-order valence-corrected chi connectivity index (χ2v) is 5.92. The van der Waals surface area contributed by atoms with E-state index in [1.54, 1.807) is 0 Å². The molecule has 2 amide bonds. The van der Waals surface area contributed by atoms with Crippen LogP contribution in [-0.2, 0) is 9.53 Å². The number of carbonyl (C=O) groups excluding carboxylic acids is 2. The van der Waals surface area contributed by atoms with Crippen LogP contribution in [0.3, 0.4) is 0 Å². The first kappa shape index (κ1) is 15.8. The minimum atomic E-state index is -0.519. The molecular weight excluding hydrogens is 246 g/mol. The number of ether oxygens (including phenoxy) is 1. The van der Waals surface area contributed by atoms with Crippen molar-refractivity contribution in [2.24, 2.45) is 5.73 Å². The van der Waals surface area contributed by atoms with Crippen LogP contribution in [0, 0.1) is 0 Å². The fraction of sp³-hybridized carbons (Fsp3) is 0.846. The highest BCUT2D eigenvalue weighted by Crippen LogP contribution is 2.19. The van der Waals surface area contributed by atoms with Gasteiger partial charge >= 0.3 is 6.09 Å². The maximum Gasteiger partial charge on any atom is 0.407 e. The van der Waals surface area contributed by atoms with E-state index >= 15 is 0 Å². The molecule has 1 fully saturated rings. The third-order valence-electron chi connectivity index (χ3n) is 3.00. The van der Waals surface area contributed by atoms with E-state index in [1.165, 1.54) is 0 Å². The summed E-state index contributed by atoms with van der Waals surface area (Å²) in [4.78, 5) is 23.1. The van der Waals surface area contributed by atoms with Crippen LogP contribution in [0.5, 0.6) is 0 Å². The van der Waals surface area contributed by atoms with Gasteiger partial charge in [-0.15, -0.1) is 0 Å². The Labute approximate surface area is 114 Å². The molecule has 4 N–H and O–H groups in total. The van der Waals surface area contributed by atoms with E-state index in [0.717, 1.165) is 25.7 Å². The van der Waals surface area contributed by atoms with Gasteiger partial charge in [0.05, 0.1) is 12.6 Å². The normalized spacial score (nSPS) is 23.6. The van der Waals surface area contributed by atoms with E-state index in [0.29, 0.717) is 0 Å². The van der Waals surface area contributed by atoms with Gasteiger partial charge in [0, 0.05) is 6.04 Å². The highest BCUT2D eigenvalue weighted by Gasteiger charge is 2.29. The largest absolute Gasteiger partial charge is 0.444 e. The lowest BCUT2D eigenvalue weighted by Gasteiger charge is -2.33. The Morgan fingerprint density at radius 2 is 1.68 bits per heavy atom. The summed E-state index contributed by atoms with van der Waals surface area (Å²) in [5.74, 6) is -0.192. The first-order valence-electron chi connectivity index (χ1n) is 6.81. The second kappa shape index (κ2) is 6.75. The van der Waals surface area contributed by atoms with Crippen LogP contribution < -0.4 is 16.4 Å². The van der Waals surface area contributed by atoms with Gasteiger partial charge in [-0.25, -0.2) is 4.79 Å². The third kappa shape index (κ3) is 5.92. The molecule has 0 spiro atoms. The Morgan fingerprint density at radius 1 is 1.16 bits per heavy atom.